The number of nitrogens with zero attached hydrogens (tertiary/aromatic N) is 1. The summed E-state index contributed by atoms with van der Waals surface area (Å²) in [7, 11) is 0. The Labute approximate surface area is 181 Å². The third-order valence-corrected chi connectivity index (χ3v) is 6.88. The molecule has 0 bridgehead atoms. The van der Waals surface area contributed by atoms with Gasteiger partial charge in [0.25, 0.3) is 0 Å². The van der Waals surface area contributed by atoms with E-state index in [1.807, 2.05) is 23.1 Å². The molecule has 5 rings (SSSR count). The molecular weight excluding hydrogens is 397 g/mol. The first-order valence-electron chi connectivity index (χ1n) is 10.9. The van der Waals surface area contributed by atoms with Crippen LogP contribution in [-0.2, 0) is 4.79 Å². The Hall–Kier alpha value is -2.86. The topological polar surface area (TPSA) is 59.0 Å². The molecule has 2 heterocycles. The number of benzene rings is 2. The van der Waals surface area contributed by atoms with Crippen molar-refractivity contribution in [2.24, 2.45) is 5.92 Å². The van der Waals surface area contributed by atoms with Crippen LogP contribution in [0.5, 0.6) is 11.5 Å². The number of carbonyl (C=O) groups is 1. The van der Waals surface area contributed by atoms with Crippen molar-refractivity contribution in [3.8, 4) is 11.5 Å². The van der Waals surface area contributed by atoms with E-state index in [1.54, 1.807) is 24.3 Å². The summed E-state index contributed by atoms with van der Waals surface area (Å²) in [6.45, 7) is 0.679. The largest absolute Gasteiger partial charge is 0.454 e. The molecule has 3 atom stereocenters. The Morgan fingerprint density at radius 2 is 1.90 bits per heavy atom. The lowest BCUT2D eigenvalue weighted by atomic mass is 9.66. The Morgan fingerprint density at radius 1 is 1.10 bits per heavy atom. The number of amides is 1. The van der Waals surface area contributed by atoms with Gasteiger partial charge in [-0.1, -0.05) is 31.0 Å². The van der Waals surface area contributed by atoms with Crippen molar-refractivity contribution in [3.63, 3.8) is 0 Å². The number of fused-ring (bicyclic) bond motifs is 2. The van der Waals surface area contributed by atoms with Crippen molar-refractivity contribution in [2.45, 2.75) is 43.7 Å². The van der Waals surface area contributed by atoms with E-state index in [1.165, 1.54) is 12.1 Å². The highest BCUT2D eigenvalue weighted by molar-refractivity contribution is 5.92. The second-order valence-electron chi connectivity index (χ2n) is 8.68. The van der Waals surface area contributed by atoms with Crippen LogP contribution in [-0.4, -0.2) is 34.9 Å². The third kappa shape index (κ3) is 3.81. The van der Waals surface area contributed by atoms with Gasteiger partial charge in [-0.15, -0.1) is 0 Å². The zero-order valence-corrected chi connectivity index (χ0v) is 17.3. The lowest BCUT2D eigenvalue weighted by Gasteiger charge is -2.52. The van der Waals surface area contributed by atoms with Gasteiger partial charge in [-0.3, -0.25) is 4.79 Å². The zero-order chi connectivity index (χ0) is 21.4. The minimum absolute atomic E-state index is 0.0524. The van der Waals surface area contributed by atoms with Gasteiger partial charge in [0, 0.05) is 18.5 Å². The molecule has 1 saturated carbocycles. The first kappa shape index (κ1) is 20.1. The van der Waals surface area contributed by atoms with Crippen molar-refractivity contribution in [3.05, 3.63) is 65.5 Å². The molecule has 2 aliphatic heterocycles. The number of likely N-dealkylation sites (tertiary alicyclic amines) is 1. The van der Waals surface area contributed by atoms with E-state index in [4.69, 9.17) is 9.47 Å². The molecule has 3 aliphatic rings. The van der Waals surface area contributed by atoms with E-state index < -0.39 is 5.60 Å². The third-order valence-electron chi connectivity index (χ3n) is 6.88. The molecule has 5 nitrogen and oxygen atoms in total. The summed E-state index contributed by atoms with van der Waals surface area (Å²) < 4.78 is 24.3. The van der Waals surface area contributed by atoms with Crippen molar-refractivity contribution < 1.29 is 23.8 Å². The number of carbonyl (C=O) groups excluding carboxylic acids is 1. The Kier molecular flexibility index (Phi) is 5.18. The number of hydrogen-bond acceptors (Lipinski definition) is 4. The number of rotatable bonds is 3. The molecule has 6 heteroatoms. The van der Waals surface area contributed by atoms with Gasteiger partial charge in [0.05, 0.1) is 11.6 Å². The summed E-state index contributed by atoms with van der Waals surface area (Å²) in [6, 6.07) is 11.6. The van der Waals surface area contributed by atoms with Crippen LogP contribution in [0.3, 0.4) is 0 Å². The van der Waals surface area contributed by atoms with Crippen LogP contribution in [0.15, 0.2) is 48.5 Å². The molecule has 0 radical (unpaired) electrons. The predicted molar refractivity (Wildman–Crippen MR) is 114 cm³/mol. The molecule has 0 aromatic heterocycles. The zero-order valence-electron chi connectivity index (χ0n) is 17.3. The SMILES string of the molecule is O=C(/C=C/c1ccc2c(c1)OCO2)N1CC[C@]2(O)CCCC[C@@H]2[C@@H]1c1ccc(F)cc1. The highest BCUT2D eigenvalue weighted by atomic mass is 19.1. The maximum absolute atomic E-state index is 13.6. The van der Waals surface area contributed by atoms with Crippen molar-refractivity contribution in [2.75, 3.05) is 13.3 Å². The fraction of sp³-hybridized carbons (Fsp3) is 0.400. The molecule has 2 aromatic rings. The second-order valence-corrected chi connectivity index (χ2v) is 8.68. The highest BCUT2D eigenvalue weighted by Crippen LogP contribution is 2.49. The van der Waals surface area contributed by atoms with E-state index in [9.17, 15) is 14.3 Å². The van der Waals surface area contributed by atoms with Crippen molar-refractivity contribution in [1.29, 1.82) is 0 Å². The van der Waals surface area contributed by atoms with Crippen LogP contribution in [0.25, 0.3) is 6.08 Å². The standard InChI is InChI=1S/C25H26FNO4/c26-19-8-6-18(7-9-19)24-20-3-1-2-12-25(20,29)13-14-27(24)23(28)11-5-17-4-10-21-22(15-17)31-16-30-21/h4-11,15,20,24,29H,1-3,12-14,16H2/b11-5+/t20-,24+,25-/m1/s1. The summed E-state index contributed by atoms with van der Waals surface area (Å²) in [6.07, 6.45) is 7.55. The van der Waals surface area contributed by atoms with Gasteiger partial charge in [0.2, 0.25) is 12.7 Å². The van der Waals surface area contributed by atoms with Crippen LogP contribution in [0.2, 0.25) is 0 Å². The number of halogens is 1. The van der Waals surface area contributed by atoms with Gasteiger partial charge in [-0.05, 0) is 60.7 Å². The van der Waals surface area contributed by atoms with E-state index >= 15 is 0 Å². The predicted octanol–water partition coefficient (Wildman–Crippen LogP) is 4.46. The van der Waals surface area contributed by atoms with Gasteiger partial charge in [0.15, 0.2) is 11.5 Å². The lowest BCUT2D eigenvalue weighted by molar-refractivity contribution is -0.150. The molecule has 0 unspecified atom stereocenters. The van der Waals surface area contributed by atoms with Crippen LogP contribution in [0.4, 0.5) is 4.39 Å². The van der Waals surface area contributed by atoms with Crippen molar-refractivity contribution >= 4 is 12.0 Å². The van der Waals surface area contributed by atoms with E-state index in [-0.39, 0.29) is 30.5 Å². The van der Waals surface area contributed by atoms with Gasteiger partial charge in [-0.25, -0.2) is 4.39 Å². The Bertz CT molecular complexity index is 1010. The summed E-state index contributed by atoms with van der Waals surface area (Å²) in [4.78, 5) is 15.1. The Morgan fingerprint density at radius 3 is 2.74 bits per heavy atom. The van der Waals surface area contributed by atoms with Crippen molar-refractivity contribution in [1.82, 2.24) is 4.90 Å². The molecule has 1 saturated heterocycles. The number of aliphatic hydroxyl groups is 1. The molecule has 1 aliphatic carbocycles. The molecule has 162 valence electrons. The van der Waals surface area contributed by atoms with Gasteiger partial charge >= 0.3 is 0 Å². The quantitative estimate of drug-likeness (QED) is 0.741. The average Bonchev–Trinajstić information content (AvgIpc) is 3.25. The molecule has 31 heavy (non-hydrogen) atoms. The molecule has 1 N–H and O–H groups in total. The summed E-state index contributed by atoms with van der Waals surface area (Å²) in [5, 5.41) is 11.3. The first-order valence-corrected chi connectivity index (χ1v) is 10.9. The lowest BCUT2D eigenvalue weighted by Crippen LogP contribution is -2.56. The molecule has 2 fully saturated rings. The van der Waals surface area contributed by atoms with Crippen LogP contribution in [0.1, 0.15) is 49.3 Å². The molecule has 0 spiro atoms. The number of hydrogen-bond donors (Lipinski definition) is 1. The summed E-state index contributed by atoms with van der Waals surface area (Å²) in [5.41, 5.74) is 0.952. The second kappa shape index (κ2) is 8.00. The summed E-state index contributed by atoms with van der Waals surface area (Å²) in [5.74, 6) is 0.901. The average molecular weight is 423 g/mol. The van der Waals surface area contributed by atoms with Gasteiger partial charge < -0.3 is 19.5 Å². The maximum Gasteiger partial charge on any atom is 0.247 e. The normalized spacial score (nSPS) is 27.4. The Balaban J connectivity index is 1.43. The van der Waals surface area contributed by atoms with E-state index in [0.717, 1.165) is 36.8 Å². The molecule has 1 amide bonds. The highest BCUT2D eigenvalue weighted by Gasteiger charge is 2.49. The fourth-order valence-electron chi connectivity index (χ4n) is 5.28. The number of ether oxygens (including phenoxy) is 2. The summed E-state index contributed by atoms with van der Waals surface area (Å²) >= 11 is 0. The van der Waals surface area contributed by atoms with Crippen LogP contribution < -0.4 is 9.47 Å². The fourth-order valence-corrected chi connectivity index (χ4v) is 5.28. The first-order chi connectivity index (χ1) is 15.0. The van der Waals surface area contributed by atoms with Gasteiger partial charge in [-0.2, -0.15) is 0 Å². The van der Waals surface area contributed by atoms with Gasteiger partial charge in [0.1, 0.15) is 5.82 Å². The smallest absolute Gasteiger partial charge is 0.247 e. The number of piperidine rings is 1. The van der Waals surface area contributed by atoms with E-state index in [2.05, 4.69) is 0 Å². The minimum atomic E-state index is -0.769. The van der Waals surface area contributed by atoms with Crippen LogP contribution >= 0.6 is 0 Å². The van der Waals surface area contributed by atoms with E-state index in [0.29, 0.717) is 24.5 Å². The van der Waals surface area contributed by atoms with Crippen LogP contribution in [0, 0.1) is 11.7 Å². The minimum Gasteiger partial charge on any atom is -0.454 e. The molecular formula is C25H26FNO4. The maximum atomic E-state index is 13.6. The molecule has 2 aromatic carbocycles. The monoisotopic (exact) mass is 423 g/mol.